The van der Waals surface area contributed by atoms with E-state index in [4.69, 9.17) is 11.6 Å². The van der Waals surface area contributed by atoms with Crippen molar-refractivity contribution in [1.82, 2.24) is 20.2 Å². The Bertz CT molecular complexity index is 1010. The second-order valence-electron chi connectivity index (χ2n) is 7.29. The molecular formula is C23H24ClN5O. The van der Waals surface area contributed by atoms with Gasteiger partial charge in [-0.15, -0.1) is 0 Å². The zero-order valence-electron chi connectivity index (χ0n) is 16.8. The van der Waals surface area contributed by atoms with Gasteiger partial charge >= 0.3 is 0 Å². The summed E-state index contributed by atoms with van der Waals surface area (Å²) in [4.78, 5) is 23.6. The van der Waals surface area contributed by atoms with Gasteiger partial charge in [0.05, 0.1) is 5.69 Å². The number of amides is 1. The largest absolute Gasteiger partial charge is 0.336 e. The van der Waals surface area contributed by atoms with Crippen LogP contribution in [0.25, 0.3) is 11.3 Å². The van der Waals surface area contributed by atoms with E-state index in [1.165, 1.54) is 0 Å². The van der Waals surface area contributed by atoms with Gasteiger partial charge in [0.15, 0.2) is 0 Å². The van der Waals surface area contributed by atoms with E-state index in [1.54, 1.807) is 6.20 Å². The van der Waals surface area contributed by atoms with Crippen LogP contribution in [0.2, 0.25) is 5.02 Å². The van der Waals surface area contributed by atoms with E-state index in [9.17, 15) is 4.79 Å². The van der Waals surface area contributed by atoms with Crippen LogP contribution in [0.1, 0.15) is 23.7 Å². The first-order valence-corrected chi connectivity index (χ1v) is 10.5. The standard InChI is InChI=1S/C23H24ClN5O/c1-2-19-15-29(14-13-25-19)22(30)17-5-9-20(10-6-17)27-23-26-12-11-21(28-23)16-3-7-18(24)8-4-16/h3-12,19,25H,2,13-15H2,1H3,(H,26,27,28). The minimum Gasteiger partial charge on any atom is -0.336 e. The van der Waals surface area contributed by atoms with Crippen LogP contribution in [0.15, 0.2) is 60.8 Å². The Labute approximate surface area is 181 Å². The van der Waals surface area contributed by atoms with E-state index in [2.05, 4.69) is 27.5 Å². The third kappa shape index (κ3) is 4.78. The first kappa shape index (κ1) is 20.3. The number of benzene rings is 2. The predicted molar refractivity (Wildman–Crippen MR) is 120 cm³/mol. The van der Waals surface area contributed by atoms with Crippen LogP contribution in [0.4, 0.5) is 11.6 Å². The summed E-state index contributed by atoms with van der Waals surface area (Å²) in [5.41, 5.74) is 3.28. The van der Waals surface area contributed by atoms with Gasteiger partial charge in [0.25, 0.3) is 5.91 Å². The van der Waals surface area contributed by atoms with E-state index in [0.29, 0.717) is 22.6 Å². The van der Waals surface area contributed by atoms with Crippen molar-refractivity contribution in [1.29, 1.82) is 0 Å². The summed E-state index contributed by atoms with van der Waals surface area (Å²) in [5.74, 6) is 0.567. The normalized spacial score (nSPS) is 16.3. The number of hydrogen-bond donors (Lipinski definition) is 2. The maximum absolute atomic E-state index is 12.8. The van der Waals surface area contributed by atoms with Crippen LogP contribution in [-0.4, -0.2) is 46.5 Å². The van der Waals surface area contributed by atoms with Crippen LogP contribution in [0, 0.1) is 0 Å². The number of rotatable bonds is 5. The molecule has 1 unspecified atom stereocenters. The maximum atomic E-state index is 12.8. The van der Waals surface area contributed by atoms with Gasteiger partial charge in [-0.05, 0) is 48.9 Å². The molecule has 1 saturated heterocycles. The number of carbonyl (C=O) groups is 1. The molecule has 154 valence electrons. The van der Waals surface area contributed by atoms with Crippen LogP contribution >= 0.6 is 11.6 Å². The fourth-order valence-corrected chi connectivity index (χ4v) is 3.62. The highest BCUT2D eigenvalue weighted by molar-refractivity contribution is 6.30. The molecule has 3 aromatic rings. The minimum atomic E-state index is 0.0717. The minimum absolute atomic E-state index is 0.0717. The number of hydrogen-bond acceptors (Lipinski definition) is 5. The van der Waals surface area contributed by atoms with Crippen molar-refractivity contribution in [2.75, 3.05) is 25.0 Å². The predicted octanol–water partition coefficient (Wildman–Crippen LogP) is 4.36. The summed E-state index contributed by atoms with van der Waals surface area (Å²) in [7, 11) is 0. The molecule has 1 aliphatic heterocycles. The van der Waals surface area contributed by atoms with Crippen LogP contribution in [0.3, 0.4) is 0 Å². The molecule has 2 heterocycles. The van der Waals surface area contributed by atoms with Crippen LogP contribution in [-0.2, 0) is 0 Å². The second kappa shape index (κ2) is 9.24. The van der Waals surface area contributed by atoms with Crippen molar-refractivity contribution in [3.8, 4) is 11.3 Å². The van der Waals surface area contributed by atoms with Gasteiger partial charge in [-0.25, -0.2) is 9.97 Å². The fraction of sp³-hybridized carbons (Fsp3) is 0.261. The number of piperazine rings is 1. The SMILES string of the molecule is CCC1CN(C(=O)c2ccc(Nc3nccc(-c4ccc(Cl)cc4)n3)cc2)CCN1. The molecule has 0 spiro atoms. The molecule has 1 aromatic heterocycles. The smallest absolute Gasteiger partial charge is 0.253 e. The van der Waals surface area contributed by atoms with Crippen LogP contribution < -0.4 is 10.6 Å². The molecule has 2 N–H and O–H groups in total. The molecule has 6 nitrogen and oxygen atoms in total. The van der Waals surface area contributed by atoms with E-state index >= 15 is 0 Å². The number of halogens is 1. The molecule has 1 amide bonds. The quantitative estimate of drug-likeness (QED) is 0.640. The summed E-state index contributed by atoms with van der Waals surface area (Å²) in [6.45, 7) is 4.46. The lowest BCUT2D eigenvalue weighted by Gasteiger charge is -2.33. The Morgan fingerprint density at radius 3 is 2.67 bits per heavy atom. The Hall–Kier alpha value is -2.96. The summed E-state index contributed by atoms with van der Waals surface area (Å²) >= 11 is 5.96. The van der Waals surface area contributed by atoms with Gasteiger partial charge in [-0.2, -0.15) is 0 Å². The lowest BCUT2D eigenvalue weighted by Crippen LogP contribution is -2.52. The summed E-state index contributed by atoms with van der Waals surface area (Å²) in [6, 6.07) is 17.2. The van der Waals surface area contributed by atoms with E-state index in [-0.39, 0.29) is 5.91 Å². The number of carbonyl (C=O) groups excluding carboxylic acids is 1. The summed E-state index contributed by atoms with van der Waals surface area (Å²) < 4.78 is 0. The summed E-state index contributed by atoms with van der Waals surface area (Å²) in [6.07, 6.45) is 2.73. The van der Waals surface area contributed by atoms with Gasteiger partial charge in [-0.3, -0.25) is 4.79 Å². The van der Waals surface area contributed by atoms with Gasteiger partial charge in [-0.1, -0.05) is 30.7 Å². The van der Waals surface area contributed by atoms with Crippen molar-refractivity contribution < 1.29 is 4.79 Å². The van der Waals surface area contributed by atoms with Gasteiger partial charge in [0.1, 0.15) is 0 Å². The maximum Gasteiger partial charge on any atom is 0.253 e. The molecule has 7 heteroatoms. The molecule has 1 atom stereocenters. The van der Waals surface area contributed by atoms with Gasteiger partial charge in [0.2, 0.25) is 5.95 Å². The number of nitrogens with zero attached hydrogens (tertiary/aromatic N) is 3. The van der Waals surface area contributed by atoms with Gasteiger partial charge < -0.3 is 15.5 Å². The lowest BCUT2D eigenvalue weighted by molar-refractivity contribution is 0.0701. The van der Waals surface area contributed by atoms with Crippen molar-refractivity contribution in [2.45, 2.75) is 19.4 Å². The average Bonchev–Trinajstić information content (AvgIpc) is 2.80. The Balaban J connectivity index is 1.44. The number of aromatic nitrogens is 2. The van der Waals surface area contributed by atoms with Gasteiger partial charge in [0, 0.05) is 53.7 Å². The summed E-state index contributed by atoms with van der Waals surface area (Å²) in [5, 5.41) is 7.33. The third-order valence-electron chi connectivity index (χ3n) is 5.22. The van der Waals surface area contributed by atoms with Crippen molar-refractivity contribution in [3.05, 3.63) is 71.4 Å². The molecule has 0 aliphatic carbocycles. The topological polar surface area (TPSA) is 70.2 Å². The average molecular weight is 422 g/mol. The third-order valence-corrected chi connectivity index (χ3v) is 5.47. The zero-order chi connectivity index (χ0) is 20.9. The second-order valence-corrected chi connectivity index (χ2v) is 7.72. The Morgan fingerprint density at radius 2 is 1.93 bits per heavy atom. The van der Waals surface area contributed by atoms with E-state index in [1.807, 2.05) is 59.5 Å². The molecule has 0 saturated carbocycles. The highest BCUT2D eigenvalue weighted by Gasteiger charge is 2.22. The van der Waals surface area contributed by atoms with Crippen LogP contribution in [0.5, 0.6) is 0 Å². The first-order chi connectivity index (χ1) is 14.6. The molecule has 2 aromatic carbocycles. The number of nitrogens with one attached hydrogen (secondary N) is 2. The zero-order valence-corrected chi connectivity index (χ0v) is 17.6. The molecule has 4 rings (SSSR count). The highest BCUT2D eigenvalue weighted by Crippen LogP contribution is 2.22. The lowest BCUT2D eigenvalue weighted by atomic mass is 10.1. The van der Waals surface area contributed by atoms with E-state index < -0.39 is 0 Å². The molecule has 1 fully saturated rings. The Morgan fingerprint density at radius 1 is 1.17 bits per heavy atom. The first-order valence-electron chi connectivity index (χ1n) is 10.1. The number of anilines is 2. The molecule has 30 heavy (non-hydrogen) atoms. The molecular weight excluding hydrogens is 398 g/mol. The van der Waals surface area contributed by atoms with E-state index in [0.717, 1.165) is 43.0 Å². The molecule has 0 radical (unpaired) electrons. The molecule has 1 aliphatic rings. The fourth-order valence-electron chi connectivity index (χ4n) is 3.49. The van der Waals surface area contributed by atoms with Crippen molar-refractivity contribution >= 4 is 29.1 Å². The van der Waals surface area contributed by atoms with Crippen molar-refractivity contribution in [2.24, 2.45) is 0 Å². The monoisotopic (exact) mass is 421 g/mol. The highest BCUT2D eigenvalue weighted by atomic mass is 35.5. The van der Waals surface area contributed by atoms with Crippen molar-refractivity contribution in [3.63, 3.8) is 0 Å². The molecule has 0 bridgehead atoms. The Kier molecular flexibility index (Phi) is 6.26.